The van der Waals surface area contributed by atoms with Crippen molar-refractivity contribution in [3.05, 3.63) is 52.6 Å². The minimum Gasteiger partial charge on any atom is -0.507 e. The zero-order valence-corrected chi connectivity index (χ0v) is 15.0. The molecule has 2 aromatic carbocycles. The highest BCUT2D eigenvalue weighted by Crippen LogP contribution is 2.38. The predicted molar refractivity (Wildman–Crippen MR) is 97.0 cm³/mol. The Kier molecular flexibility index (Phi) is 5.70. The van der Waals surface area contributed by atoms with Gasteiger partial charge in [-0.05, 0) is 60.9 Å². The van der Waals surface area contributed by atoms with Crippen LogP contribution < -0.4 is 14.2 Å². The van der Waals surface area contributed by atoms with Crippen molar-refractivity contribution >= 4 is 11.9 Å². The Labute approximate surface area is 147 Å². The molecule has 0 fully saturated rings. The predicted octanol–water partition coefficient (Wildman–Crippen LogP) is 3.93. The van der Waals surface area contributed by atoms with E-state index in [9.17, 15) is 9.90 Å². The lowest BCUT2D eigenvalue weighted by atomic mass is 10.0. The third-order valence-electron chi connectivity index (χ3n) is 3.89. The first-order chi connectivity index (χ1) is 11.9. The second kappa shape index (κ2) is 7.75. The van der Waals surface area contributed by atoms with Crippen molar-refractivity contribution in [2.45, 2.75) is 13.8 Å². The second-order valence-corrected chi connectivity index (χ2v) is 5.61. The third kappa shape index (κ3) is 3.94. The van der Waals surface area contributed by atoms with Gasteiger partial charge in [0.2, 0.25) is 5.75 Å². The van der Waals surface area contributed by atoms with Crippen LogP contribution in [0.15, 0.2) is 30.3 Å². The molecule has 0 atom stereocenters. The van der Waals surface area contributed by atoms with Gasteiger partial charge in [-0.15, -0.1) is 0 Å². The Hall–Kier alpha value is -2.95. The summed E-state index contributed by atoms with van der Waals surface area (Å²) in [6.45, 7) is 3.64. The number of allylic oxidation sites excluding steroid dienone is 1. The van der Waals surface area contributed by atoms with Crippen molar-refractivity contribution in [3.8, 4) is 23.0 Å². The van der Waals surface area contributed by atoms with E-state index in [0.717, 1.165) is 16.7 Å². The van der Waals surface area contributed by atoms with Crippen LogP contribution in [0.3, 0.4) is 0 Å². The number of aryl methyl sites for hydroxylation is 2. The summed E-state index contributed by atoms with van der Waals surface area (Å²) in [6, 6.07) is 6.87. The van der Waals surface area contributed by atoms with Crippen molar-refractivity contribution in [1.82, 2.24) is 0 Å². The monoisotopic (exact) mass is 342 g/mol. The van der Waals surface area contributed by atoms with Crippen LogP contribution in [0, 0.1) is 13.8 Å². The molecule has 0 aliphatic carbocycles. The Morgan fingerprint density at radius 1 is 0.920 bits per heavy atom. The van der Waals surface area contributed by atoms with Crippen molar-refractivity contribution in [1.29, 1.82) is 0 Å². The van der Waals surface area contributed by atoms with Crippen LogP contribution >= 0.6 is 0 Å². The zero-order chi connectivity index (χ0) is 18.6. The normalized spacial score (nSPS) is 10.8. The van der Waals surface area contributed by atoms with Gasteiger partial charge in [-0.25, -0.2) is 0 Å². The second-order valence-electron chi connectivity index (χ2n) is 5.61. The number of hydrogen-bond donors (Lipinski definition) is 1. The van der Waals surface area contributed by atoms with E-state index < -0.39 is 0 Å². The highest BCUT2D eigenvalue weighted by Gasteiger charge is 2.15. The van der Waals surface area contributed by atoms with Crippen molar-refractivity contribution in [2.24, 2.45) is 0 Å². The highest BCUT2D eigenvalue weighted by molar-refractivity contribution is 6.07. The van der Waals surface area contributed by atoms with Gasteiger partial charge in [-0.2, -0.15) is 0 Å². The number of methoxy groups -OCH3 is 3. The average molecular weight is 342 g/mol. The van der Waals surface area contributed by atoms with Gasteiger partial charge in [-0.3, -0.25) is 4.79 Å². The van der Waals surface area contributed by atoms with Crippen LogP contribution in [0.2, 0.25) is 0 Å². The number of aromatic hydroxyl groups is 1. The molecule has 0 saturated carbocycles. The van der Waals surface area contributed by atoms with Crippen molar-refractivity contribution in [2.75, 3.05) is 21.3 Å². The van der Waals surface area contributed by atoms with E-state index in [0.29, 0.717) is 22.8 Å². The first kappa shape index (κ1) is 18.4. The molecule has 0 bridgehead atoms. The average Bonchev–Trinajstić information content (AvgIpc) is 2.62. The van der Waals surface area contributed by atoms with Crippen molar-refractivity contribution < 1.29 is 24.1 Å². The molecule has 0 aromatic heterocycles. The van der Waals surface area contributed by atoms with E-state index in [2.05, 4.69) is 0 Å². The SMILES string of the molecule is COc1cc(C(=O)/C=C/c2cc(C)c(O)c(C)c2)cc(OC)c1OC. The van der Waals surface area contributed by atoms with E-state index >= 15 is 0 Å². The number of ketones is 1. The maximum absolute atomic E-state index is 12.5. The van der Waals surface area contributed by atoms with E-state index in [1.165, 1.54) is 27.4 Å². The highest BCUT2D eigenvalue weighted by atomic mass is 16.5. The molecule has 5 nitrogen and oxygen atoms in total. The van der Waals surface area contributed by atoms with Gasteiger partial charge < -0.3 is 19.3 Å². The largest absolute Gasteiger partial charge is 0.507 e. The topological polar surface area (TPSA) is 65.0 Å². The van der Waals surface area contributed by atoms with Crippen LogP contribution in [0.5, 0.6) is 23.0 Å². The van der Waals surface area contributed by atoms with E-state index in [-0.39, 0.29) is 11.5 Å². The van der Waals surface area contributed by atoms with Gasteiger partial charge in [0, 0.05) is 5.56 Å². The zero-order valence-electron chi connectivity index (χ0n) is 15.0. The van der Waals surface area contributed by atoms with Crippen LogP contribution in [0.25, 0.3) is 6.08 Å². The lowest BCUT2D eigenvalue weighted by molar-refractivity contribution is 0.104. The summed E-state index contributed by atoms with van der Waals surface area (Å²) < 4.78 is 15.8. The molecule has 1 N–H and O–H groups in total. The minimum atomic E-state index is -0.192. The fraction of sp³-hybridized carbons (Fsp3) is 0.250. The summed E-state index contributed by atoms with van der Waals surface area (Å²) in [5.41, 5.74) is 2.80. The molecule has 0 saturated heterocycles. The molecule has 0 amide bonds. The van der Waals surface area contributed by atoms with E-state index in [1.807, 2.05) is 26.0 Å². The van der Waals surface area contributed by atoms with E-state index in [1.54, 1.807) is 18.2 Å². The summed E-state index contributed by atoms with van der Waals surface area (Å²) in [7, 11) is 4.52. The number of carbonyl (C=O) groups is 1. The van der Waals surface area contributed by atoms with Crippen LogP contribution in [0.4, 0.5) is 0 Å². The Morgan fingerprint density at radius 3 is 1.88 bits per heavy atom. The van der Waals surface area contributed by atoms with Gasteiger partial charge in [0.15, 0.2) is 17.3 Å². The molecule has 0 unspecified atom stereocenters. The third-order valence-corrected chi connectivity index (χ3v) is 3.89. The summed E-state index contributed by atoms with van der Waals surface area (Å²) in [4.78, 5) is 12.5. The number of benzene rings is 2. The lowest BCUT2D eigenvalue weighted by Crippen LogP contribution is -2.00. The first-order valence-electron chi connectivity index (χ1n) is 7.73. The fourth-order valence-electron chi connectivity index (χ4n) is 2.58. The number of phenolic OH excluding ortho intramolecular Hbond substituents is 1. The molecule has 132 valence electrons. The number of ether oxygens (including phenoxy) is 3. The van der Waals surface area contributed by atoms with Crippen LogP contribution in [-0.2, 0) is 0 Å². The summed E-state index contributed by atoms with van der Waals surface area (Å²) >= 11 is 0. The van der Waals surface area contributed by atoms with Gasteiger partial charge in [0.05, 0.1) is 21.3 Å². The Bertz CT molecular complexity index is 773. The summed E-state index contributed by atoms with van der Waals surface area (Å²) in [5, 5.41) is 9.82. The molecule has 0 radical (unpaired) electrons. The minimum absolute atomic E-state index is 0.192. The molecular weight excluding hydrogens is 320 g/mol. The first-order valence-corrected chi connectivity index (χ1v) is 7.73. The fourth-order valence-corrected chi connectivity index (χ4v) is 2.58. The smallest absolute Gasteiger partial charge is 0.203 e. The summed E-state index contributed by atoms with van der Waals surface area (Å²) in [6.07, 6.45) is 3.19. The van der Waals surface area contributed by atoms with Crippen molar-refractivity contribution in [3.63, 3.8) is 0 Å². The quantitative estimate of drug-likeness (QED) is 0.636. The van der Waals surface area contributed by atoms with Crippen LogP contribution in [0.1, 0.15) is 27.0 Å². The molecule has 0 heterocycles. The number of phenols is 1. The Balaban J connectivity index is 2.35. The maximum Gasteiger partial charge on any atom is 0.203 e. The Morgan fingerprint density at radius 2 is 1.44 bits per heavy atom. The number of hydrogen-bond acceptors (Lipinski definition) is 5. The van der Waals surface area contributed by atoms with E-state index in [4.69, 9.17) is 14.2 Å². The van der Waals surface area contributed by atoms with Gasteiger partial charge in [-0.1, -0.05) is 6.08 Å². The molecule has 0 spiro atoms. The lowest BCUT2D eigenvalue weighted by Gasteiger charge is -2.13. The van der Waals surface area contributed by atoms with Crippen LogP contribution in [-0.4, -0.2) is 32.2 Å². The molecule has 0 aliphatic heterocycles. The standard InChI is InChI=1S/C20H22O5/c1-12-8-14(9-13(2)19(12)22)6-7-16(21)15-10-17(23-3)20(25-5)18(11-15)24-4/h6-11,22H,1-5H3/b7-6+. The summed E-state index contributed by atoms with van der Waals surface area (Å²) in [5.74, 6) is 1.37. The molecule has 2 aromatic rings. The number of carbonyl (C=O) groups excluding carboxylic acids is 1. The maximum atomic E-state index is 12.5. The molecule has 5 heteroatoms. The number of rotatable bonds is 6. The molecular formula is C20H22O5. The van der Waals surface area contributed by atoms with Gasteiger partial charge in [0.1, 0.15) is 5.75 Å². The van der Waals surface area contributed by atoms with Gasteiger partial charge >= 0.3 is 0 Å². The molecule has 0 aliphatic rings. The molecule has 25 heavy (non-hydrogen) atoms. The molecule has 2 rings (SSSR count). The van der Waals surface area contributed by atoms with Gasteiger partial charge in [0.25, 0.3) is 0 Å².